The molecule has 31 heavy (non-hydrogen) atoms. The van der Waals surface area contributed by atoms with E-state index in [2.05, 4.69) is 0 Å². The van der Waals surface area contributed by atoms with Crippen molar-refractivity contribution in [3.63, 3.8) is 0 Å². The van der Waals surface area contributed by atoms with Crippen LogP contribution in [-0.2, 0) is 4.79 Å². The van der Waals surface area contributed by atoms with Crippen molar-refractivity contribution >= 4 is 28.8 Å². The van der Waals surface area contributed by atoms with Gasteiger partial charge in [0.1, 0.15) is 17.4 Å². The van der Waals surface area contributed by atoms with Crippen LogP contribution in [0.25, 0.3) is 22.2 Å². The fourth-order valence-corrected chi connectivity index (χ4v) is 4.81. The zero-order valence-corrected chi connectivity index (χ0v) is 17.6. The molecule has 6 heteroatoms. The molecule has 5 rings (SSSR count). The maximum Gasteiger partial charge on any atom is 0.233 e. The molecule has 4 aromatic rings. The highest BCUT2D eigenvalue weighted by atomic mass is 32.2. The van der Waals surface area contributed by atoms with Crippen LogP contribution in [0.15, 0.2) is 82.1 Å². The number of amides is 1. The van der Waals surface area contributed by atoms with Gasteiger partial charge in [-0.1, -0.05) is 36.4 Å². The van der Waals surface area contributed by atoms with Crippen molar-refractivity contribution in [1.29, 1.82) is 0 Å². The minimum absolute atomic E-state index is 0.0964. The lowest BCUT2D eigenvalue weighted by molar-refractivity contribution is -0.129. The minimum atomic E-state index is -0.271. The Morgan fingerprint density at radius 2 is 1.90 bits per heavy atom. The quantitative estimate of drug-likeness (QED) is 0.358. The molecule has 1 aromatic heterocycles. The zero-order valence-electron chi connectivity index (χ0n) is 16.8. The number of rotatable bonds is 5. The lowest BCUT2D eigenvalue weighted by Crippen LogP contribution is -2.32. The summed E-state index contributed by atoms with van der Waals surface area (Å²) in [5.41, 5.74) is 3.07. The van der Waals surface area contributed by atoms with E-state index in [9.17, 15) is 9.18 Å². The number of benzene rings is 3. The number of halogens is 1. The smallest absolute Gasteiger partial charge is 0.233 e. The Morgan fingerprint density at radius 3 is 2.74 bits per heavy atom. The van der Waals surface area contributed by atoms with Gasteiger partial charge >= 0.3 is 0 Å². The highest BCUT2D eigenvalue weighted by molar-refractivity contribution is 8.00. The van der Waals surface area contributed by atoms with Gasteiger partial charge in [-0.15, -0.1) is 11.8 Å². The van der Waals surface area contributed by atoms with E-state index in [1.165, 1.54) is 12.1 Å². The van der Waals surface area contributed by atoms with E-state index < -0.39 is 0 Å². The number of hydrogen-bond acceptors (Lipinski definition) is 4. The molecule has 0 radical (unpaired) electrons. The normalized spacial score (nSPS) is 16.2. The summed E-state index contributed by atoms with van der Waals surface area (Å²) in [6.45, 7) is 0.714. The summed E-state index contributed by atoms with van der Waals surface area (Å²) in [4.78, 5) is 20.5. The molecular formula is C25H21FN2O2S. The Kier molecular flexibility index (Phi) is 5.47. The molecule has 156 valence electrons. The third-order valence-corrected chi connectivity index (χ3v) is 6.52. The Labute approximate surface area is 184 Å². The largest absolute Gasteiger partial charge is 0.438 e. The lowest BCUT2D eigenvalue weighted by Gasteiger charge is -2.22. The van der Waals surface area contributed by atoms with Gasteiger partial charge in [0.15, 0.2) is 5.58 Å². The Morgan fingerprint density at radius 1 is 1.06 bits per heavy atom. The van der Waals surface area contributed by atoms with Crippen molar-refractivity contribution in [3.8, 4) is 11.1 Å². The summed E-state index contributed by atoms with van der Waals surface area (Å²) in [6, 6.07) is 22.0. The van der Waals surface area contributed by atoms with Crippen LogP contribution in [0.5, 0.6) is 0 Å². The summed E-state index contributed by atoms with van der Waals surface area (Å²) >= 11 is 1.55. The first-order chi connectivity index (χ1) is 15.2. The zero-order chi connectivity index (χ0) is 21.2. The van der Waals surface area contributed by atoms with Gasteiger partial charge in [0, 0.05) is 11.4 Å². The van der Waals surface area contributed by atoms with Crippen LogP contribution in [0.1, 0.15) is 24.8 Å². The van der Waals surface area contributed by atoms with E-state index in [1.807, 2.05) is 59.5 Å². The Balaban J connectivity index is 1.36. The molecular weight excluding hydrogens is 411 g/mol. The van der Waals surface area contributed by atoms with Crippen molar-refractivity contribution in [3.05, 3.63) is 84.5 Å². The number of oxazole rings is 1. The number of nitrogens with zero attached hydrogens (tertiary/aromatic N) is 2. The van der Waals surface area contributed by atoms with Gasteiger partial charge in [-0.05, 0) is 60.4 Å². The third-order valence-electron chi connectivity index (χ3n) is 5.53. The Bertz CT molecular complexity index is 1220. The van der Waals surface area contributed by atoms with Crippen molar-refractivity contribution in [2.75, 3.05) is 12.3 Å². The summed E-state index contributed by atoms with van der Waals surface area (Å²) in [5, 5.41) is 0. The molecule has 1 fully saturated rings. The molecule has 1 aliphatic rings. The van der Waals surface area contributed by atoms with Crippen LogP contribution in [0, 0.1) is 5.82 Å². The summed E-state index contributed by atoms with van der Waals surface area (Å²) in [7, 11) is 0. The van der Waals surface area contributed by atoms with Gasteiger partial charge in [0.05, 0.1) is 5.75 Å². The molecule has 4 nitrogen and oxygen atoms in total. The monoisotopic (exact) mass is 432 g/mol. The Hall–Kier alpha value is -3.12. The van der Waals surface area contributed by atoms with Gasteiger partial charge in [-0.2, -0.15) is 0 Å². The summed E-state index contributed by atoms with van der Waals surface area (Å²) in [6.07, 6.45) is 1.77. The first-order valence-electron chi connectivity index (χ1n) is 10.3. The molecule has 1 aliphatic heterocycles. The maximum absolute atomic E-state index is 13.6. The third kappa shape index (κ3) is 4.21. The summed E-state index contributed by atoms with van der Waals surface area (Å²) < 4.78 is 19.6. The van der Waals surface area contributed by atoms with Gasteiger partial charge < -0.3 is 9.32 Å². The standard InChI is InChI=1S/C25H21FN2O2S/c26-19-7-4-6-17(14-19)18-11-12-23-21(15-18)27-25(30-23)22-10-5-13-28(22)24(29)16-31-20-8-2-1-3-9-20/h1-4,6-9,11-12,14-15,22H,5,10,13,16H2/t22-/m0/s1. The van der Waals surface area contributed by atoms with Crippen LogP contribution >= 0.6 is 11.8 Å². The number of likely N-dealkylation sites (tertiary alicyclic amines) is 1. The van der Waals surface area contributed by atoms with E-state index in [0.717, 1.165) is 34.4 Å². The molecule has 1 amide bonds. The van der Waals surface area contributed by atoms with Crippen LogP contribution in [0.3, 0.4) is 0 Å². The van der Waals surface area contributed by atoms with Crippen molar-refractivity contribution in [1.82, 2.24) is 9.88 Å². The van der Waals surface area contributed by atoms with Gasteiger partial charge in [0.2, 0.25) is 11.8 Å². The molecule has 0 aliphatic carbocycles. The van der Waals surface area contributed by atoms with Crippen LogP contribution in [-0.4, -0.2) is 28.1 Å². The second kappa shape index (κ2) is 8.55. The SMILES string of the molecule is O=C(CSc1ccccc1)N1CCC[C@H]1c1nc2cc(-c3cccc(F)c3)ccc2o1. The number of fused-ring (bicyclic) bond motifs is 1. The number of aromatic nitrogens is 1. The molecule has 0 unspecified atom stereocenters. The second-order valence-electron chi connectivity index (χ2n) is 7.59. The predicted octanol–water partition coefficient (Wildman–Crippen LogP) is 6.09. The van der Waals surface area contributed by atoms with E-state index in [1.54, 1.807) is 17.8 Å². The van der Waals surface area contributed by atoms with Crippen LogP contribution < -0.4 is 0 Å². The maximum atomic E-state index is 13.6. The van der Waals surface area contributed by atoms with Crippen molar-refractivity contribution < 1.29 is 13.6 Å². The highest BCUT2D eigenvalue weighted by Gasteiger charge is 2.33. The molecule has 3 aromatic carbocycles. The topological polar surface area (TPSA) is 46.3 Å². The van der Waals surface area contributed by atoms with Crippen molar-refractivity contribution in [2.45, 2.75) is 23.8 Å². The number of carbonyl (C=O) groups excluding carboxylic acids is 1. The predicted molar refractivity (Wildman–Crippen MR) is 120 cm³/mol. The van der Waals surface area contributed by atoms with Gasteiger partial charge in [-0.25, -0.2) is 9.37 Å². The average Bonchev–Trinajstić information content (AvgIpc) is 3.44. The van der Waals surface area contributed by atoms with E-state index >= 15 is 0 Å². The molecule has 1 saturated heterocycles. The van der Waals surface area contributed by atoms with E-state index in [-0.39, 0.29) is 17.8 Å². The first-order valence-corrected chi connectivity index (χ1v) is 11.3. The number of hydrogen-bond donors (Lipinski definition) is 0. The van der Waals surface area contributed by atoms with Crippen LogP contribution in [0.4, 0.5) is 4.39 Å². The number of thioether (sulfide) groups is 1. The van der Waals surface area contributed by atoms with E-state index in [0.29, 0.717) is 23.8 Å². The van der Waals surface area contributed by atoms with Crippen molar-refractivity contribution in [2.24, 2.45) is 0 Å². The second-order valence-corrected chi connectivity index (χ2v) is 8.64. The lowest BCUT2D eigenvalue weighted by atomic mass is 10.1. The fourth-order valence-electron chi connectivity index (χ4n) is 4.00. The molecule has 0 N–H and O–H groups in total. The number of carbonyl (C=O) groups is 1. The van der Waals surface area contributed by atoms with Gasteiger partial charge in [0.25, 0.3) is 0 Å². The van der Waals surface area contributed by atoms with Gasteiger partial charge in [-0.3, -0.25) is 4.79 Å². The minimum Gasteiger partial charge on any atom is -0.438 e. The molecule has 2 heterocycles. The van der Waals surface area contributed by atoms with E-state index in [4.69, 9.17) is 9.40 Å². The molecule has 0 spiro atoms. The first kappa shape index (κ1) is 19.8. The molecule has 0 bridgehead atoms. The molecule has 0 saturated carbocycles. The summed E-state index contributed by atoms with van der Waals surface area (Å²) in [5.74, 6) is 0.790. The molecule has 1 atom stereocenters. The highest BCUT2D eigenvalue weighted by Crippen LogP contribution is 2.35. The average molecular weight is 433 g/mol. The van der Waals surface area contributed by atoms with Crippen LogP contribution in [0.2, 0.25) is 0 Å². The fraction of sp³-hybridized carbons (Fsp3) is 0.200.